The van der Waals surface area contributed by atoms with Gasteiger partial charge in [-0.2, -0.15) is 13.2 Å². The summed E-state index contributed by atoms with van der Waals surface area (Å²) in [6.45, 7) is 3.66. The number of hydrogen-bond donors (Lipinski definition) is 3. The topological polar surface area (TPSA) is 79.2 Å². The van der Waals surface area contributed by atoms with Gasteiger partial charge >= 0.3 is 6.18 Å². The minimum absolute atomic E-state index is 0.0365. The van der Waals surface area contributed by atoms with Crippen molar-refractivity contribution >= 4 is 28.7 Å². The molecule has 10 heteroatoms. The maximum absolute atomic E-state index is 12.5. The van der Waals surface area contributed by atoms with Crippen molar-refractivity contribution in [1.82, 2.24) is 10.7 Å². The van der Waals surface area contributed by atoms with Crippen molar-refractivity contribution in [2.24, 2.45) is 0 Å². The van der Waals surface area contributed by atoms with E-state index < -0.39 is 22.4 Å². The first-order valence-corrected chi connectivity index (χ1v) is 6.20. The zero-order valence-electron chi connectivity index (χ0n) is 11.1. The number of anilines is 1. The van der Waals surface area contributed by atoms with Crippen LogP contribution in [-0.2, 0) is 6.18 Å². The van der Waals surface area contributed by atoms with Gasteiger partial charge < -0.3 is 5.32 Å². The van der Waals surface area contributed by atoms with E-state index in [2.05, 4.69) is 16.2 Å². The standard InChI is InChI=1S/C11H13F3N4O2S/c1-6(2)15-10(21)17-16-8-4-3-7(11(12,13)14)5-9(8)18(19)20/h3-6,16H,1-2H3,(H2,15,17,21). The molecule has 0 saturated carbocycles. The zero-order valence-corrected chi connectivity index (χ0v) is 11.9. The van der Waals surface area contributed by atoms with Crippen molar-refractivity contribution in [1.29, 1.82) is 0 Å². The Balaban J connectivity index is 2.92. The number of nitrogens with zero attached hydrogens (tertiary/aromatic N) is 1. The Hall–Kier alpha value is -2.10. The van der Waals surface area contributed by atoms with Crippen molar-refractivity contribution in [3.63, 3.8) is 0 Å². The number of benzene rings is 1. The molecule has 0 aliphatic carbocycles. The first-order chi connectivity index (χ1) is 9.61. The van der Waals surface area contributed by atoms with Crippen LogP contribution in [0.5, 0.6) is 0 Å². The van der Waals surface area contributed by atoms with E-state index in [1.165, 1.54) is 0 Å². The fraction of sp³-hybridized carbons (Fsp3) is 0.364. The molecule has 0 atom stereocenters. The Kier molecular flexibility index (Phi) is 5.30. The molecule has 0 aromatic heterocycles. The minimum atomic E-state index is -4.65. The second kappa shape index (κ2) is 6.57. The first-order valence-electron chi connectivity index (χ1n) is 5.79. The lowest BCUT2D eigenvalue weighted by Gasteiger charge is -2.15. The minimum Gasteiger partial charge on any atom is -0.359 e. The van der Waals surface area contributed by atoms with Crippen LogP contribution in [0.4, 0.5) is 24.5 Å². The SMILES string of the molecule is CC(C)NC(=S)NNc1ccc(C(F)(F)F)cc1[N+](=O)[O-]. The lowest BCUT2D eigenvalue weighted by molar-refractivity contribution is -0.384. The van der Waals surface area contributed by atoms with Crippen LogP contribution in [0.1, 0.15) is 19.4 Å². The van der Waals surface area contributed by atoms with E-state index in [0.29, 0.717) is 6.07 Å². The maximum Gasteiger partial charge on any atom is 0.416 e. The molecular weight excluding hydrogens is 309 g/mol. The summed E-state index contributed by atoms with van der Waals surface area (Å²) in [7, 11) is 0. The van der Waals surface area contributed by atoms with Gasteiger partial charge in [0.1, 0.15) is 5.69 Å². The third kappa shape index (κ3) is 5.06. The Morgan fingerprint density at radius 3 is 2.48 bits per heavy atom. The molecule has 0 fully saturated rings. The van der Waals surface area contributed by atoms with Crippen molar-refractivity contribution < 1.29 is 18.1 Å². The van der Waals surface area contributed by atoms with Gasteiger partial charge in [-0.15, -0.1) is 0 Å². The van der Waals surface area contributed by atoms with Crippen LogP contribution in [0.25, 0.3) is 0 Å². The predicted octanol–water partition coefficient (Wildman–Crippen LogP) is 2.81. The smallest absolute Gasteiger partial charge is 0.359 e. The van der Waals surface area contributed by atoms with Crippen LogP contribution < -0.4 is 16.2 Å². The van der Waals surface area contributed by atoms with Gasteiger partial charge in [0.25, 0.3) is 5.69 Å². The molecule has 0 radical (unpaired) electrons. The Morgan fingerprint density at radius 1 is 1.38 bits per heavy atom. The highest BCUT2D eigenvalue weighted by atomic mass is 32.1. The third-order valence-electron chi connectivity index (χ3n) is 2.25. The third-order valence-corrected chi connectivity index (χ3v) is 2.47. The lowest BCUT2D eigenvalue weighted by Crippen LogP contribution is -2.42. The fourth-order valence-electron chi connectivity index (χ4n) is 1.39. The van der Waals surface area contributed by atoms with Crippen molar-refractivity contribution in [3.05, 3.63) is 33.9 Å². The average molecular weight is 322 g/mol. The van der Waals surface area contributed by atoms with Crippen LogP contribution in [0.15, 0.2) is 18.2 Å². The lowest BCUT2D eigenvalue weighted by atomic mass is 10.1. The van der Waals surface area contributed by atoms with Crippen LogP contribution in [0, 0.1) is 10.1 Å². The van der Waals surface area contributed by atoms with E-state index in [1.807, 2.05) is 13.8 Å². The van der Waals surface area contributed by atoms with E-state index in [9.17, 15) is 23.3 Å². The Bertz CT molecular complexity index is 549. The van der Waals surface area contributed by atoms with E-state index in [-0.39, 0.29) is 16.8 Å². The van der Waals surface area contributed by atoms with Crippen LogP contribution in [-0.4, -0.2) is 16.1 Å². The van der Waals surface area contributed by atoms with E-state index in [4.69, 9.17) is 12.2 Å². The number of alkyl halides is 3. The summed E-state index contributed by atoms with van der Waals surface area (Å²) < 4.78 is 37.6. The fourth-order valence-corrected chi connectivity index (χ4v) is 1.67. The molecule has 0 aliphatic rings. The molecule has 1 rings (SSSR count). The summed E-state index contributed by atoms with van der Waals surface area (Å²) in [6.07, 6.45) is -4.65. The van der Waals surface area contributed by atoms with Crippen molar-refractivity contribution in [2.45, 2.75) is 26.1 Å². The molecule has 0 spiro atoms. The van der Waals surface area contributed by atoms with Gasteiger partial charge in [-0.25, -0.2) is 0 Å². The van der Waals surface area contributed by atoms with Gasteiger partial charge in [-0.1, -0.05) is 0 Å². The number of halogens is 3. The van der Waals surface area contributed by atoms with Crippen molar-refractivity contribution in [3.8, 4) is 0 Å². The summed E-state index contributed by atoms with van der Waals surface area (Å²) in [4.78, 5) is 9.94. The molecule has 116 valence electrons. The van der Waals surface area contributed by atoms with Gasteiger partial charge in [0, 0.05) is 12.1 Å². The molecule has 0 saturated heterocycles. The zero-order chi connectivity index (χ0) is 16.2. The molecule has 0 heterocycles. The molecule has 1 aromatic carbocycles. The van der Waals surface area contributed by atoms with Crippen LogP contribution >= 0.6 is 12.2 Å². The number of nitro groups is 1. The predicted molar refractivity (Wildman–Crippen MR) is 75.7 cm³/mol. The maximum atomic E-state index is 12.5. The number of nitro benzene ring substituents is 1. The number of thiocarbonyl (C=S) groups is 1. The van der Waals surface area contributed by atoms with Gasteiger partial charge in [0.15, 0.2) is 5.11 Å². The molecule has 0 aliphatic heterocycles. The summed E-state index contributed by atoms with van der Waals surface area (Å²) in [5.41, 5.74) is 2.96. The molecule has 0 unspecified atom stereocenters. The second-order valence-corrected chi connectivity index (χ2v) is 4.77. The molecule has 3 N–H and O–H groups in total. The average Bonchev–Trinajstić information content (AvgIpc) is 2.34. The van der Waals surface area contributed by atoms with E-state index in [0.717, 1.165) is 12.1 Å². The first kappa shape index (κ1) is 17.0. The molecular formula is C11H13F3N4O2S. The summed E-state index contributed by atoms with van der Waals surface area (Å²) in [5, 5.41) is 13.8. The molecule has 21 heavy (non-hydrogen) atoms. The summed E-state index contributed by atoms with van der Waals surface area (Å²) in [6, 6.07) is 2.21. The van der Waals surface area contributed by atoms with Gasteiger partial charge in [0.05, 0.1) is 10.5 Å². The second-order valence-electron chi connectivity index (χ2n) is 4.36. The number of rotatable bonds is 4. The molecule has 0 bridgehead atoms. The number of nitrogens with one attached hydrogen (secondary N) is 3. The van der Waals surface area contributed by atoms with Gasteiger partial charge in [-0.05, 0) is 38.2 Å². The highest BCUT2D eigenvalue weighted by molar-refractivity contribution is 7.80. The number of hydrazine groups is 1. The van der Waals surface area contributed by atoms with Crippen molar-refractivity contribution in [2.75, 3.05) is 5.43 Å². The van der Waals surface area contributed by atoms with E-state index >= 15 is 0 Å². The van der Waals surface area contributed by atoms with Gasteiger partial charge in [0.2, 0.25) is 0 Å². The Labute approximate surface area is 123 Å². The highest BCUT2D eigenvalue weighted by Crippen LogP contribution is 2.34. The summed E-state index contributed by atoms with van der Waals surface area (Å²) >= 11 is 4.89. The van der Waals surface area contributed by atoms with Crippen LogP contribution in [0.2, 0.25) is 0 Å². The van der Waals surface area contributed by atoms with E-state index in [1.54, 1.807) is 0 Å². The largest absolute Gasteiger partial charge is 0.416 e. The monoisotopic (exact) mass is 322 g/mol. The van der Waals surface area contributed by atoms with Gasteiger partial charge in [-0.3, -0.25) is 21.0 Å². The molecule has 0 amide bonds. The molecule has 6 nitrogen and oxygen atoms in total. The Morgan fingerprint density at radius 2 is 2.00 bits per heavy atom. The quantitative estimate of drug-likeness (QED) is 0.449. The normalized spacial score (nSPS) is 11.1. The highest BCUT2D eigenvalue weighted by Gasteiger charge is 2.33. The molecule has 1 aromatic rings. The summed E-state index contributed by atoms with van der Waals surface area (Å²) in [5.74, 6) is 0. The van der Waals surface area contributed by atoms with Crippen LogP contribution in [0.3, 0.4) is 0 Å². The number of hydrogen-bond acceptors (Lipinski definition) is 4.